The second-order valence-electron chi connectivity index (χ2n) is 3.78. The SMILES string of the molecule is CC(=O)Nc1ccc(Oc2ccccc2O)cc1. The Morgan fingerprint density at radius 2 is 1.78 bits per heavy atom. The summed E-state index contributed by atoms with van der Waals surface area (Å²) < 4.78 is 5.51. The van der Waals surface area contributed by atoms with Gasteiger partial charge in [0.2, 0.25) is 5.91 Å². The number of para-hydroxylation sites is 2. The van der Waals surface area contributed by atoms with Gasteiger partial charge in [-0.25, -0.2) is 0 Å². The molecule has 2 aromatic rings. The fraction of sp³-hybridized carbons (Fsp3) is 0.0714. The second kappa shape index (κ2) is 5.23. The number of hydrogen-bond donors (Lipinski definition) is 2. The van der Waals surface area contributed by atoms with E-state index in [1.165, 1.54) is 6.92 Å². The lowest BCUT2D eigenvalue weighted by Gasteiger charge is -2.08. The first-order valence-corrected chi connectivity index (χ1v) is 5.48. The molecule has 18 heavy (non-hydrogen) atoms. The van der Waals surface area contributed by atoms with E-state index in [1.807, 2.05) is 0 Å². The van der Waals surface area contributed by atoms with E-state index < -0.39 is 0 Å². The summed E-state index contributed by atoms with van der Waals surface area (Å²) in [4.78, 5) is 10.9. The van der Waals surface area contributed by atoms with Crippen LogP contribution in [0.5, 0.6) is 17.2 Å². The molecule has 0 aromatic heterocycles. The third-order valence-electron chi connectivity index (χ3n) is 2.27. The lowest BCUT2D eigenvalue weighted by molar-refractivity contribution is -0.114. The molecule has 2 N–H and O–H groups in total. The van der Waals surface area contributed by atoms with Gasteiger partial charge in [-0.05, 0) is 36.4 Å². The standard InChI is InChI=1S/C14H13NO3/c1-10(16)15-11-6-8-12(9-7-11)18-14-5-3-2-4-13(14)17/h2-9,17H,1H3,(H,15,16). The predicted octanol–water partition coefficient (Wildman–Crippen LogP) is 3.14. The maximum absolute atomic E-state index is 10.9. The van der Waals surface area contributed by atoms with Crippen LogP contribution in [0.25, 0.3) is 0 Å². The average Bonchev–Trinajstić information content (AvgIpc) is 2.34. The highest BCUT2D eigenvalue weighted by Gasteiger charge is 2.02. The van der Waals surface area contributed by atoms with Gasteiger partial charge in [-0.1, -0.05) is 12.1 Å². The second-order valence-corrected chi connectivity index (χ2v) is 3.78. The van der Waals surface area contributed by atoms with Crippen LogP contribution in [0, 0.1) is 0 Å². The smallest absolute Gasteiger partial charge is 0.221 e. The molecule has 92 valence electrons. The van der Waals surface area contributed by atoms with Crippen molar-refractivity contribution in [2.24, 2.45) is 0 Å². The average molecular weight is 243 g/mol. The predicted molar refractivity (Wildman–Crippen MR) is 68.9 cm³/mol. The molecular formula is C14H13NO3. The van der Waals surface area contributed by atoms with Gasteiger partial charge in [0.1, 0.15) is 5.75 Å². The first-order valence-electron chi connectivity index (χ1n) is 5.48. The highest BCUT2D eigenvalue weighted by molar-refractivity contribution is 5.88. The van der Waals surface area contributed by atoms with Crippen molar-refractivity contribution in [2.75, 3.05) is 5.32 Å². The molecule has 2 aromatic carbocycles. The Balaban J connectivity index is 2.11. The Morgan fingerprint density at radius 3 is 2.39 bits per heavy atom. The zero-order valence-corrected chi connectivity index (χ0v) is 9.88. The van der Waals surface area contributed by atoms with Crippen molar-refractivity contribution in [1.29, 1.82) is 0 Å². The third-order valence-corrected chi connectivity index (χ3v) is 2.27. The van der Waals surface area contributed by atoms with E-state index in [0.29, 0.717) is 17.2 Å². The van der Waals surface area contributed by atoms with Gasteiger partial charge in [0.15, 0.2) is 11.5 Å². The molecule has 4 heteroatoms. The molecule has 0 aliphatic heterocycles. The van der Waals surface area contributed by atoms with Gasteiger partial charge < -0.3 is 15.2 Å². The van der Waals surface area contributed by atoms with Crippen molar-refractivity contribution in [1.82, 2.24) is 0 Å². The van der Waals surface area contributed by atoms with Gasteiger partial charge in [-0.15, -0.1) is 0 Å². The van der Waals surface area contributed by atoms with Crippen molar-refractivity contribution in [3.05, 3.63) is 48.5 Å². The summed E-state index contributed by atoms with van der Waals surface area (Å²) >= 11 is 0. The van der Waals surface area contributed by atoms with Crippen LogP contribution < -0.4 is 10.1 Å². The van der Waals surface area contributed by atoms with E-state index in [-0.39, 0.29) is 11.7 Å². The number of nitrogens with one attached hydrogen (secondary N) is 1. The van der Waals surface area contributed by atoms with E-state index in [0.717, 1.165) is 0 Å². The number of phenolic OH excluding ortho intramolecular Hbond substituents is 1. The number of amides is 1. The molecule has 0 heterocycles. The molecule has 0 aliphatic carbocycles. The van der Waals surface area contributed by atoms with E-state index >= 15 is 0 Å². The van der Waals surface area contributed by atoms with Crippen molar-refractivity contribution in [3.63, 3.8) is 0 Å². The molecular weight excluding hydrogens is 230 g/mol. The van der Waals surface area contributed by atoms with Gasteiger partial charge in [-0.2, -0.15) is 0 Å². The molecule has 2 rings (SSSR count). The van der Waals surface area contributed by atoms with Crippen LogP contribution in [-0.4, -0.2) is 11.0 Å². The summed E-state index contributed by atoms with van der Waals surface area (Å²) in [6, 6.07) is 13.6. The highest BCUT2D eigenvalue weighted by atomic mass is 16.5. The zero-order chi connectivity index (χ0) is 13.0. The third kappa shape index (κ3) is 3.01. The lowest BCUT2D eigenvalue weighted by atomic mass is 10.3. The minimum Gasteiger partial charge on any atom is -0.504 e. The number of carbonyl (C=O) groups is 1. The van der Waals surface area contributed by atoms with Crippen molar-refractivity contribution in [2.45, 2.75) is 6.92 Å². The quantitative estimate of drug-likeness (QED) is 0.870. The summed E-state index contributed by atoms with van der Waals surface area (Å²) in [7, 11) is 0. The van der Waals surface area contributed by atoms with Crippen LogP contribution in [0.3, 0.4) is 0 Å². The normalized spacial score (nSPS) is 9.83. The van der Waals surface area contributed by atoms with Crippen LogP contribution in [0.4, 0.5) is 5.69 Å². The molecule has 4 nitrogen and oxygen atoms in total. The summed E-state index contributed by atoms with van der Waals surface area (Å²) in [6.07, 6.45) is 0. The van der Waals surface area contributed by atoms with Crippen LogP contribution >= 0.6 is 0 Å². The van der Waals surface area contributed by atoms with Crippen molar-refractivity contribution in [3.8, 4) is 17.2 Å². The maximum atomic E-state index is 10.9. The van der Waals surface area contributed by atoms with Crippen LogP contribution in [0.1, 0.15) is 6.92 Å². The fourth-order valence-corrected chi connectivity index (χ4v) is 1.48. The molecule has 0 aliphatic rings. The summed E-state index contributed by atoms with van der Waals surface area (Å²) in [5, 5.41) is 12.2. The molecule has 0 bridgehead atoms. The molecule has 0 saturated heterocycles. The number of benzene rings is 2. The van der Waals surface area contributed by atoms with Gasteiger partial charge in [0.25, 0.3) is 0 Å². The Bertz CT molecular complexity index is 549. The number of anilines is 1. The molecule has 0 fully saturated rings. The molecule has 0 spiro atoms. The number of aromatic hydroxyl groups is 1. The largest absolute Gasteiger partial charge is 0.504 e. The Kier molecular flexibility index (Phi) is 3.48. The number of carbonyl (C=O) groups excluding carboxylic acids is 1. The van der Waals surface area contributed by atoms with E-state index in [4.69, 9.17) is 4.74 Å². The number of rotatable bonds is 3. The molecule has 0 atom stereocenters. The van der Waals surface area contributed by atoms with Crippen molar-refractivity contribution < 1.29 is 14.6 Å². The molecule has 0 unspecified atom stereocenters. The molecule has 0 radical (unpaired) electrons. The first-order chi connectivity index (χ1) is 8.65. The Morgan fingerprint density at radius 1 is 1.11 bits per heavy atom. The topological polar surface area (TPSA) is 58.6 Å². The van der Waals surface area contributed by atoms with Crippen LogP contribution in [0.2, 0.25) is 0 Å². The molecule has 0 saturated carbocycles. The number of phenols is 1. The number of hydrogen-bond acceptors (Lipinski definition) is 3. The fourth-order valence-electron chi connectivity index (χ4n) is 1.48. The van der Waals surface area contributed by atoms with Crippen molar-refractivity contribution >= 4 is 11.6 Å². The van der Waals surface area contributed by atoms with Gasteiger partial charge in [-0.3, -0.25) is 4.79 Å². The first kappa shape index (κ1) is 12.0. The molecule has 1 amide bonds. The van der Waals surface area contributed by atoms with Crippen LogP contribution in [0.15, 0.2) is 48.5 Å². The summed E-state index contributed by atoms with van der Waals surface area (Å²) in [5.41, 5.74) is 0.701. The minimum atomic E-state index is -0.121. The van der Waals surface area contributed by atoms with Gasteiger partial charge >= 0.3 is 0 Å². The monoisotopic (exact) mass is 243 g/mol. The minimum absolute atomic E-state index is 0.0865. The van der Waals surface area contributed by atoms with E-state index in [2.05, 4.69) is 5.32 Å². The van der Waals surface area contributed by atoms with Gasteiger partial charge in [0, 0.05) is 12.6 Å². The van der Waals surface area contributed by atoms with Gasteiger partial charge in [0.05, 0.1) is 0 Å². The van der Waals surface area contributed by atoms with Crippen LogP contribution in [-0.2, 0) is 4.79 Å². The maximum Gasteiger partial charge on any atom is 0.221 e. The summed E-state index contributed by atoms with van der Waals surface area (Å²) in [6.45, 7) is 1.45. The lowest BCUT2D eigenvalue weighted by Crippen LogP contribution is -2.05. The zero-order valence-electron chi connectivity index (χ0n) is 9.88. The summed E-state index contributed by atoms with van der Waals surface area (Å²) in [5.74, 6) is 0.947. The highest BCUT2D eigenvalue weighted by Crippen LogP contribution is 2.30. The van der Waals surface area contributed by atoms with E-state index in [9.17, 15) is 9.90 Å². The Labute approximate surface area is 105 Å². The number of ether oxygens (including phenoxy) is 1. The van der Waals surface area contributed by atoms with E-state index in [1.54, 1.807) is 48.5 Å². The Hall–Kier alpha value is -2.49.